The summed E-state index contributed by atoms with van der Waals surface area (Å²) >= 11 is 0. The number of aryl methyl sites for hydroxylation is 2. The number of nitrogens with zero attached hydrogens (tertiary/aromatic N) is 4. The number of likely N-dealkylation sites (tertiary alicyclic amines) is 1. The number of rotatable bonds is 5. The van der Waals surface area contributed by atoms with E-state index in [-0.39, 0.29) is 17.7 Å². The van der Waals surface area contributed by atoms with Crippen LogP contribution < -0.4 is 10.1 Å². The molecule has 0 spiro atoms. The molecule has 31 heavy (non-hydrogen) atoms. The van der Waals surface area contributed by atoms with Crippen molar-refractivity contribution in [2.24, 2.45) is 0 Å². The lowest BCUT2D eigenvalue weighted by molar-refractivity contribution is 0.0789. The van der Waals surface area contributed by atoms with E-state index in [1.807, 2.05) is 6.92 Å². The fourth-order valence-electron chi connectivity index (χ4n) is 3.67. The lowest BCUT2D eigenvalue weighted by Gasteiger charge is -2.16. The fourth-order valence-corrected chi connectivity index (χ4v) is 3.67. The molecule has 0 aliphatic carbocycles. The third-order valence-corrected chi connectivity index (χ3v) is 5.49. The van der Waals surface area contributed by atoms with Gasteiger partial charge in [-0.3, -0.25) is 14.7 Å². The maximum absolute atomic E-state index is 12.7. The fraction of sp³-hybridized carbons (Fsp3) is 0.318. The molecule has 2 N–H and O–H groups in total. The van der Waals surface area contributed by atoms with Crippen LogP contribution in [-0.4, -0.2) is 57.1 Å². The van der Waals surface area contributed by atoms with Crippen molar-refractivity contribution >= 4 is 17.5 Å². The highest BCUT2D eigenvalue weighted by molar-refractivity contribution is 6.04. The van der Waals surface area contributed by atoms with E-state index in [9.17, 15) is 9.59 Å². The van der Waals surface area contributed by atoms with E-state index < -0.39 is 0 Å². The average molecular weight is 420 g/mol. The molecule has 1 aliphatic heterocycles. The van der Waals surface area contributed by atoms with Gasteiger partial charge in [0.2, 0.25) is 0 Å². The number of hydrogen-bond donors (Lipinski definition) is 2. The van der Waals surface area contributed by atoms with Crippen LogP contribution in [0.3, 0.4) is 0 Å². The van der Waals surface area contributed by atoms with Crippen LogP contribution in [0, 0.1) is 13.8 Å². The third kappa shape index (κ3) is 4.25. The van der Waals surface area contributed by atoms with Gasteiger partial charge in [0.1, 0.15) is 11.6 Å². The van der Waals surface area contributed by atoms with E-state index in [1.165, 1.54) is 0 Å². The van der Waals surface area contributed by atoms with E-state index in [1.54, 1.807) is 55.6 Å². The second kappa shape index (κ2) is 8.55. The predicted octanol–water partition coefficient (Wildman–Crippen LogP) is 2.71. The first kappa shape index (κ1) is 20.5. The van der Waals surface area contributed by atoms with Gasteiger partial charge in [0.15, 0.2) is 0 Å². The Morgan fingerprint density at radius 3 is 2.58 bits per heavy atom. The molecule has 9 nitrogen and oxygen atoms in total. The molecule has 1 atom stereocenters. The first-order valence-corrected chi connectivity index (χ1v) is 10.0. The van der Waals surface area contributed by atoms with Gasteiger partial charge in [-0.05, 0) is 44.5 Å². The molecule has 0 unspecified atom stereocenters. The van der Waals surface area contributed by atoms with Crippen molar-refractivity contribution < 1.29 is 14.3 Å². The van der Waals surface area contributed by atoms with Crippen LogP contribution in [-0.2, 0) is 0 Å². The van der Waals surface area contributed by atoms with E-state index in [0.29, 0.717) is 47.2 Å². The molecule has 0 radical (unpaired) electrons. The van der Waals surface area contributed by atoms with Gasteiger partial charge < -0.3 is 15.0 Å². The second-order valence-corrected chi connectivity index (χ2v) is 7.56. The summed E-state index contributed by atoms with van der Waals surface area (Å²) in [5.74, 6) is 1.09. The van der Waals surface area contributed by atoms with E-state index >= 15 is 0 Å². The molecule has 0 saturated carbocycles. The van der Waals surface area contributed by atoms with Gasteiger partial charge in [-0.15, -0.1) is 0 Å². The largest absolute Gasteiger partial charge is 0.497 e. The molecule has 2 aromatic heterocycles. The molecular formula is C22H24N6O3. The van der Waals surface area contributed by atoms with Crippen LogP contribution in [0.25, 0.3) is 0 Å². The number of amides is 2. The molecule has 3 aromatic rings. The van der Waals surface area contributed by atoms with Crippen LogP contribution in [0.4, 0.5) is 5.69 Å². The third-order valence-electron chi connectivity index (χ3n) is 5.49. The van der Waals surface area contributed by atoms with Crippen LogP contribution in [0.15, 0.2) is 36.7 Å². The number of aromatic nitrogens is 4. The number of H-pyrrole nitrogens is 1. The van der Waals surface area contributed by atoms with Crippen molar-refractivity contribution in [3.63, 3.8) is 0 Å². The van der Waals surface area contributed by atoms with Gasteiger partial charge in [0, 0.05) is 36.6 Å². The van der Waals surface area contributed by atoms with Gasteiger partial charge in [-0.1, -0.05) is 0 Å². The van der Waals surface area contributed by atoms with Gasteiger partial charge in [-0.25, -0.2) is 9.97 Å². The van der Waals surface area contributed by atoms with Gasteiger partial charge in [0.25, 0.3) is 11.8 Å². The highest BCUT2D eigenvalue weighted by atomic mass is 16.5. The summed E-state index contributed by atoms with van der Waals surface area (Å²) in [5, 5.41) is 9.57. The maximum atomic E-state index is 12.7. The summed E-state index contributed by atoms with van der Waals surface area (Å²) in [5.41, 5.74) is 3.02. The SMILES string of the molecule is COc1ccc(NC(=O)c2cnc([C@@H]3CCN(C(=O)c4cn[nH]c4C)C3)nc2C)cc1. The normalized spacial score (nSPS) is 15.7. The van der Waals surface area contributed by atoms with Crippen LogP contribution in [0.2, 0.25) is 0 Å². The number of anilines is 1. The van der Waals surface area contributed by atoms with Gasteiger partial charge >= 0.3 is 0 Å². The highest BCUT2D eigenvalue weighted by Gasteiger charge is 2.31. The van der Waals surface area contributed by atoms with E-state index in [0.717, 1.165) is 12.1 Å². The van der Waals surface area contributed by atoms with Crippen LogP contribution in [0.5, 0.6) is 5.75 Å². The zero-order chi connectivity index (χ0) is 22.0. The maximum Gasteiger partial charge on any atom is 0.259 e. The smallest absolute Gasteiger partial charge is 0.259 e. The van der Waals surface area contributed by atoms with E-state index in [2.05, 4.69) is 25.5 Å². The topological polar surface area (TPSA) is 113 Å². The minimum Gasteiger partial charge on any atom is -0.497 e. The molecule has 0 bridgehead atoms. The number of methoxy groups -OCH3 is 1. The Hall–Kier alpha value is -3.75. The summed E-state index contributed by atoms with van der Waals surface area (Å²) in [6.45, 7) is 4.80. The number of carbonyl (C=O) groups excluding carboxylic acids is 2. The Morgan fingerprint density at radius 1 is 1.16 bits per heavy atom. The van der Waals surface area contributed by atoms with Gasteiger partial charge in [0.05, 0.1) is 30.1 Å². The number of hydrogen-bond acceptors (Lipinski definition) is 6. The summed E-state index contributed by atoms with van der Waals surface area (Å²) in [7, 11) is 1.59. The van der Waals surface area contributed by atoms with Crippen molar-refractivity contribution in [3.8, 4) is 5.75 Å². The molecule has 1 saturated heterocycles. The number of ether oxygens (including phenoxy) is 1. The number of aromatic amines is 1. The minimum absolute atomic E-state index is 0.0357. The molecule has 9 heteroatoms. The Morgan fingerprint density at radius 2 is 1.94 bits per heavy atom. The van der Waals surface area contributed by atoms with Gasteiger partial charge in [-0.2, -0.15) is 5.10 Å². The minimum atomic E-state index is -0.270. The predicted molar refractivity (Wildman–Crippen MR) is 114 cm³/mol. The molecule has 2 amide bonds. The first-order valence-electron chi connectivity index (χ1n) is 10.0. The summed E-state index contributed by atoms with van der Waals surface area (Å²) in [6.07, 6.45) is 3.89. The molecule has 4 rings (SSSR count). The standard InChI is InChI=1S/C22H24N6O3/c1-13-18(21(29)26-16-4-6-17(31-3)7-5-16)10-23-20(25-13)15-8-9-28(12-15)22(30)19-11-24-27-14(19)2/h4-7,10-11,15H,8-9,12H2,1-3H3,(H,24,27)(H,26,29)/t15-/m1/s1. The first-order chi connectivity index (χ1) is 15.0. The molecule has 1 aromatic carbocycles. The molecule has 3 heterocycles. The lowest BCUT2D eigenvalue weighted by atomic mass is 10.1. The van der Waals surface area contributed by atoms with Crippen molar-refractivity contribution in [2.45, 2.75) is 26.2 Å². The molecule has 1 fully saturated rings. The summed E-state index contributed by atoms with van der Waals surface area (Å²) < 4.78 is 5.13. The van der Waals surface area contributed by atoms with Crippen LogP contribution >= 0.6 is 0 Å². The highest BCUT2D eigenvalue weighted by Crippen LogP contribution is 2.27. The summed E-state index contributed by atoms with van der Waals surface area (Å²) in [4.78, 5) is 36.1. The van der Waals surface area contributed by atoms with Crippen molar-refractivity contribution in [3.05, 3.63) is 65.0 Å². The van der Waals surface area contributed by atoms with E-state index in [4.69, 9.17) is 4.74 Å². The molecule has 1 aliphatic rings. The Balaban J connectivity index is 1.43. The zero-order valence-corrected chi connectivity index (χ0v) is 17.7. The van der Waals surface area contributed by atoms with Crippen LogP contribution in [0.1, 0.15) is 50.3 Å². The zero-order valence-electron chi connectivity index (χ0n) is 17.7. The van der Waals surface area contributed by atoms with Crippen molar-refractivity contribution in [2.75, 3.05) is 25.5 Å². The number of nitrogens with one attached hydrogen (secondary N) is 2. The summed E-state index contributed by atoms with van der Waals surface area (Å²) in [6, 6.07) is 7.10. The molecular weight excluding hydrogens is 396 g/mol. The number of benzene rings is 1. The average Bonchev–Trinajstić information content (AvgIpc) is 3.43. The second-order valence-electron chi connectivity index (χ2n) is 7.56. The Kier molecular flexibility index (Phi) is 5.66. The van der Waals surface area contributed by atoms with Crippen molar-refractivity contribution in [1.82, 2.24) is 25.1 Å². The number of carbonyl (C=O) groups is 2. The lowest BCUT2D eigenvalue weighted by Crippen LogP contribution is -2.29. The molecule has 160 valence electrons. The Bertz CT molecular complexity index is 1110. The Labute approximate surface area is 179 Å². The van der Waals surface area contributed by atoms with Crippen molar-refractivity contribution in [1.29, 1.82) is 0 Å². The quantitative estimate of drug-likeness (QED) is 0.656. The monoisotopic (exact) mass is 420 g/mol.